The van der Waals surface area contributed by atoms with Crippen molar-refractivity contribution in [1.82, 2.24) is 5.32 Å². The summed E-state index contributed by atoms with van der Waals surface area (Å²) < 4.78 is 22.2. The lowest BCUT2D eigenvalue weighted by molar-refractivity contribution is -0.142. The zero-order valence-electron chi connectivity index (χ0n) is 19.9. The van der Waals surface area contributed by atoms with Crippen LogP contribution in [0.3, 0.4) is 0 Å². The number of ether oxygens (including phenoxy) is 4. The van der Waals surface area contributed by atoms with Gasteiger partial charge in [0.2, 0.25) is 0 Å². The molecule has 1 aliphatic rings. The van der Waals surface area contributed by atoms with Crippen molar-refractivity contribution in [3.63, 3.8) is 0 Å². The zero-order valence-corrected chi connectivity index (χ0v) is 19.9. The van der Waals surface area contributed by atoms with Gasteiger partial charge in [-0.3, -0.25) is 4.79 Å². The first-order valence-corrected chi connectivity index (χ1v) is 11.3. The van der Waals surface area contributed by atoms with Crippen molar-refractivity contribution in [2.45, 2.75) is 38.9 Å². The lowest BCUT2D eigenvalue weighted by atomic mass is 10.0. The highest BCUT2D eigenvalue weighted by molar-refractivity contribution is 5.92. The van der Waals surface area contributed by atoms with Gasteiger partial charge in [0.15, 0.2) is 0 Å². The molecule has 182 valence electrons. The van der Waals surface area contributed by atoms with Crippen LogP contribution in [0.2, 0.25) is 0 Å². The minimum Gasteiger partial charge on any atom is -0.497 e. The van der Waals surface area contributed by atoms with E-state index < -0.39 is 17.6 Å². The number of rotatable bonds is 11. The molecule has 2 amide bonds. The lowest BCUT2D eigenvalue weighted by Gasteiger charge is -2.31. The molecule has 0 saturated heterocycles. The van der Waals surface area contributed by atoms with Crippen molar-refractivity contribution < 1.29 is 28.5 Å². The van der Waals surface area contributed by atoms with Crippen LogP contribution in [-0.2, 0) is 20.9 Å². The Morgan fingerprint density at radius 1 is 1.12 bits per heavy atom. The third kappa shape index (κ3) is 7.52. The van der Waals surface area contributed by atoms with Crippen LogP contribution in [0.1, 0.15) is 37.8 Å². The number of hydrogen-bond donors (Lipinski definition) is 2. The Labute approximate surface area is 200 Å². The maximum Gasteiger partial charge on any atom is 0.325 e. The molecule has 34 heavy (non-hydrogen) atoms. The molecule has 8 heteroatoms. The first-order valence-electron chi connectivity index (χ1n) is 11.3. The number of carbonyl (C=O) groups excluding carboxylic acids is 2. The van der Waals surface area contributed by atoms with E-state index in [1.807, 2.05) is 56.3 Å². The molecule has 0 aromatic heterocycles. The average molecular weight is 469 g/mol. The number of esters is 1. The largest absolute Gasteiger partial charge is 0.497 e. The third-order valence-electron chi connectivity index (χ3n) is 5.20. The second kappa shape index (κ2) is 12.1. The fourth-order valence-electron chi connectivity index (χ4n) is 3.28. The summed E-state index contributed by atoms with van der Waals surface area (Å²) in [7, 11) is 1.64. The van der Waals surface area contributed by atoms with Crippen molar-refractivity contribution in [2.75, 3.05) is 32.2 Å². The monoisotopic (exact) mass is 468 g/mol. The van der Waals surface area contributed by atoms with E-state index in [-0.39, 0.29) is 6.54 Å². The Hall–Kier alpha value is -3.52. The Morgan fingerprint density at radius 2 is 1.91 bits per heavy atom. The quantitative estimate of drug-likeness (QED) is 0.371. The fraction of sp³-hybridized carbons (Fsp3) is 0.385. The number of hydrogen-bond acceptors (Lipinski definition) is 6. The van der Waals surface area contributed by atoms with Gasteiger partial charge in [-0.2, -0.15) is 0 Å². The Balaban J connectivity index is 1.47. The molecule has 2 aromatic rings. The minimum absolute atomic E-state index is 0.182. The summed E-state index contributed by atoms with van der Waals surface area (Å²) in [5.41, 5.74) is 1.87. The minimum atomic E-state index is -0.607. The number of unbranched alkanes of at least 4 members (excludes halogenated alkanes) is 1. The van der Waals surface area contributed by atoms with Gasteiger partial charge in [0, 0.05) is 11.3 Å². The Bertz CT molecular complexity index is 1000. The Kier molecular flexibility index (Phi) is 8.93. The van der Waals surface area contributed by atoms with E-state index in [0.717, 1.165) is 29.7 Å². The number of nitrogens with one attached hydrogen (secondary N) is 2. The molecule has 1 atom stereocenters. The van der Waals surface area contributed by atoms with Crippen molar-refractivity contribution in [2.24, 2.45) is 0 Å². The summed E-state index contributed by atoms with van der Waals surface area (Å²) in [5.74, 6) is 1.05. The van der Waals surface area contributed by atoms with E-state index in [4.69, 9.17) is 18.9 Å². The zero-order chi connectivity index (χ0) is 24.4. The van der Waals surface area contributed by atoms with Gasteiger partial charge in [-0.1, -0.05) is 31.6 Å². The van der Waals surface area contributed by atoms with Crippen LogP contribution in [0, 0.1) is 0 Å². The lowest BCUT2D eigenvalue weighted by Crippen LogP contribution is -2.37. The smallest absolute Gasteiger partial charge is 0.325 e. The van der Waals surface area contributed by atoms with Gasteiger partial charge >= 0.3 is 12.0 Å². The molecule has 1 aliphatic heterocycles. The van der Waals surface area contributed by atoms with Crippen LogP contribution in [0.25, 0.3) is 6.08 Å². The molecule has 0 saturated carbocycles. The van der Waals surface area contributed by atoms with Gasteiger partial charge in [-0.25, -0.2) is 4.79 Å². The maximum atomic E-state index is 12.1. The molecule has 3 rings (SSSR count). The summed E-state index contributed by atoms with van der Waals surface area (Å²) in [6, 6.07) is 12.6. The van der Waals surface area contributed by atoms with Crippen LogP contribution < -0.4 is 20.1 Å². The van der Waals surface area contributed by atoms with E-state index in [9.17, 15) is 9.59 Å². The van der Waals surface area contributed by atoms with Gasteiger partial charge in [-0.15, -0.1) is 0 Å². The van der Waals surface area contributed by atoms with Crippen LogP contribution in [0.15, 0.2) is 48.5 Å². The highest BCUT2D eigenvalue weighted by Crippen LogP contribution is 2.33. The predicted molar refractivity (Wildman–Crippen MR) is 130 cm³/mol. The first kappa shape index (κ1) is 25.1. The highest BCUT2D eigenvalue weighted by atomic mass is 16.5. The summed E-state index contributed by atoms with van der Waals surface area (Å²) >= 11 is 0. The van der Waals surface area contributed by atoms with Gasteiger partial charge < -0.3 is 29.6 Å². The second-order valence-corrected chi connectivity index (χ2v) is 8.22. The summed E-state index contributed by atoms with van der Waals surface area (Å²) in [6.07, 6.45) is 5.63. The Morgan fingerprint density at radius 3 is 2.65 bits per heavy atom. The molecular weight excluding hydrogens is 436 g/mol. The van der Waals surface area contributed by atoms with Gasteiger partial charge in [0.05, 0.1) is 26.9 Å². The van der Waals surface area contributed by atoms with E-state index in [1.54, 1.807) is 19.2 Å². The van der Waals surface area contributed by atoms with E-state index in [1.165, 1.54) is 0 Å². The fourth-order valence-corrected chi connectivity index (χ4v) is 3.28. The van der Waals surface area contributed by atoms with E-state index in [2.05, 4.69) is 10.6 Å². The van der Waals surface area contributed by atoms with Crippen LogP contribution >= 0.6 is 0 Å². The van der Waals surface area contributed by atoms with Crippen molar-refractivity contribution in [3.8, 4) is 11.5 Å². The molecule has 0 spiro atoms. The number of carbonyl (C=O) groups is 2. The van der Waals surface area contributed by atoms with Crippen molar-refractivity contribution in [3.05, 3.63) is 59.7 Å². The van der Waals surface area contributed by atoms with E-state index in [0.29, 0.717) is 31.3 Å². The van der Waals surface area contributed by atoms with Gasteiger partial charge in [0.25, 0.3) is 0 Å². The second-order valence-electron chi connectivity index (χ2n) is 8.22. The van der Waals surface area contributed by atoms with Crippen molar-refractivity contribution in [1.29, 1.82) is 0 Å². The molecule has 0 bridgehead atoms. The van der Waals surface area contributed by atoms with Crippen molar-refractivity contribution >= 4 is 23.8 Å². The number of benzene rings is 2. The van der Waals surface area contributed by atoms with Crippen LogP contribution in [0.5, 0.6) is 11.5 Å². The van der Waals surface area contributed by atoms with E-state index >= 15 is 0 Å². The topological polar surface area (TPSA) is 95.1 Å². The predicted octanol–water partition coefficient (Wildman–Crippen LogP) is 4.54. The number of methoxy groups -OCH3 is 1. The standard InChI is InChI=1S/C26H32N2O6/c1-4-5-14-33-24(29)16-27-25(30)28-21-8-11-23-20(15-21)12-13-26(2,34-23)18-32-17-19-6-9-22(31-3)10-7-19/h6-13,15H,4-5,14,16-18H2,1-3H3,(H2,27,28,30). The third-order valence-corrected chi connectivity index (χ3v) is 5.20. The normalized spacial score (nSPS) is 16.2. The van der Waals surface area contributed by atoms with Crippen LogP contribution in [-0.4, -0.2) is 44.5 Å². The molecule has 0 fully saturated rings. The van der Waals surface area contributed by atoms with Crippen LogP contribution in [0.4, 0.5) is 10.5 Å². The number of urea groups is 1. The molecule has 0 aliphatic carbocycles. The molecule has 1 unspecified atom stereocenters. The number of amides is 2. The molecule has 2 N–H and O–H groups in total. The first-order chi connectivity index (χ1) is 16.4. The SMILES string of the molecule is CCCCOC(=O)CNC(=O)Nc1ccc2c(c1)C=CC(C)(COCc1ccc(OC)cc1)O2. The maximum absolute atomic E-state index is 12.1. The van der Waals surface area contributed by atoms with Gasteiger partial charge in [-0.05, 0) is 55.3 Å². The molecule has 0 radical (unpaired) electrons. The summed E-state index contributed by atoms with van der Waals surface area (Å²) in [4.78, 5) is 23.7. The highest BCUT2D eigenvalue weighted by Gasteiger charge is 2.28. The molecular formula is C26H32N2O6. The molecule has 8 nitrogen and oxygen atoms in total. The summed E-state index contributed by atoms with van der Waals surface area (Å²) in [6.45, 7) is 5.00. The molecule has 2 aromatic carbocycles. The number of anilines is 1. The van der Waals surface area contributed by atoms with Gasteiger partial charge in [0.1, 0.15) is 23.6 Å². The number of fused-ring (bicyclic) bond motifs is 1. The summed E-state index contributed by atoms with van der Waals surface area (Å²) in [5, 5.41) is 5.21. The molecule has 1 heterocycles. The average Bonchev–Trinajstić information content (AvgIpc) is 2.83.